The molecular weight excluding hydrogens is 338 g/mol. The van der Waals surface area contributed by atoms with Crippen LogP contribution in [-0.2, 0) is 0 Å². The number of aryl methyl sites for hydroxylation is 1. The zero-order valence-electron chi connectivity index (χ0n) is 15.4. The molecule has 138 valence electrons. The number of hydrogen-bond acceptors (Lipinski definition) is 4. The molecule has 0 unspecified atom stereocenters. The minimum absolute atomic E-state index is 0.0763. The fourth-order valence-electron chi connectivity index (χ4n) is 3.53. The molecule has 5 nitrogen and oxygen atoms in total. The molecule has 0 atom stereocenters. The molecule has 1 amide bonds. The number of carbonyl (C=O) groups is 1. The third-order valence-corrected chi connectivity index (χ3v) is 5.08. The maximum Gasteiger partial charge on any atom is 0.259 e. The second-order valence-electron chi connectivity index (χ2n) is 7.14. The smallest absolute Gasteiger partial charge is 0.259 e. The molecular formula is C22H23N3O2. The van der Waals surface area contributed by atoms with Crippen molar-refractivity contribution in [2.24, 2.45) is 0 Å². The van der Waals surface area contributed by atoms with E-state index < -0.39 is 0 Å². The second kappa shape index (κ2) is 7.74. The number of nitrogens with zero attached hydrogens (tertiary/aromatic N) is 2. The van der Waals surface area contributed by atoms with E-state index in [1.54, 1.807) is 0 Å². The standard InChI is InChI=1S/C22H23N3O2/c1-15-11-13-16(14-12-15)20-24-22(27-25-20)19-10-6-5-9-18(19)21(26)23-17-7-3-2-4-8-17/h5-6,9-14,17H,2-4,7-8H2,1H3,(H,23,26). The van der Waals surface area contributed by atoms with Crippen molar-refractivity contribution < 1.29 is 9.32 Å². The Hall–Kier alpha value is -2.95. The Bertz CT molecular complexity index is 925. The molecule has 0 aliphatic heterocycles. The van der Waals surface area contributed by atoms with E-state index in [9.17, 15) is 4.79 Å². The molecule has 2 aromatic carbocycles. The van der Waals surface area contributed by atoms with Gasteiger partial charge in [-0.1, -0.05) is 66.4 Å². The number of amides is 1. The van der Waals surface area contributed by atoms with Crippen LogP contribution in [0.15, 0.2) is 53.1 Å². The fraction of sp³-hybridized carbons (Fsp3) is 0.318. The molecule has 27 heavy (non-hydrogen) atoms. The van der Waals surface area contributed by atoms with Gasteiger partial charge in [-0.3, -0.25) is 4.79 Å². The second-order valence-corrected chi connectivity index (χ2v) is 7.14. The summed E-state index contributed by atoms with van der Waals surface area (Å²) in [6, 6.07) is 15.6. The Labute approximate surface area is 158 Å². The average Bonchev–Trinajstić information content (AvgIpc) is 3.19. The Morgan fingerprint density at radius 2 is 1.78 bits per heavy atom. The SMILES string of the molecule is Cc1ccc(-c2noc(-c3ccccc3C(=O)NC3CCCCC3)n2)cc1. The van der Waals surface area contributed by atoms with Gasteiger partial charge in [0.2, 0.25) is 5.82 Å². The van der Waals surface area contributed by atoms with Crippen LogP contribution in [0.2, 0.25) is 0 Å². The van der Waals surface area contributed by atoms with Crippen LogP contribution < -0.4 is 5.32 Å². The van der Waals surface area contributed by atoms with Crippen molar-refractivity contribution in [1.29, 1.82) is 0 Å². The molecule has 0 bridgehead atoms. The van der Waals surface area contributed by atoms with Gasteiger partial charge in [0, 0.05) is 11.6 Å². The molecule has 1 aliphatic rings. The Balaban J connectivity index is 1.59. The Morgan fingerprint density at radius 1 is 1.04 bits per heavy atom. The van der Waals surface area contributed by atoms with Gasteiger partial charge in [0.25, 0.3) is 11.8 Å². The largest absolute Gasteiger partial charge is 0.349 e. The third kappa shape index (κ3) is 3.92. The quantitative estimate of drug-likeness (QED) is 0.726. The fourth-order valence-corrected chi connectivity index (χ4v) is 3.53. The van der Waals surface area contributed by atoms with Crippen LogP contribution in [0.3, 0.4) is 0 Å². The predicted molar refractivity (Wildman–Crippen MR) is 104 cm³/mol. The first-order chi connectivity index (χ1) is 13.2. The normalized spacial score (nSPS) is 14.9. The van der Waals surface area contributed by atoms with Crippen LogP contribution >= 0.6 is 0 Å². The molecule has 5 heteroatoms. The lowest BCUT2D eigenvalue weighted by Crippen LogP contribution is -2.36. The van der Waals surface area contributed by atoms with E-state index in [1.807, 2.05) is 55.5 Å². The molecule has 0 saturated heterocycles. The lowest BCUT2D eigenvalue weighted by Gasteiger charge is -2.23. The Kier molecular flexibility index (Phi) is 5.01. The highest BCUT2D eigenvalue weighted by Gasteiger charge is 2.21. The number of carbonyl (C=O) groups excluding carboxylic acids is 1. The van der Waals surface area contributed by atoms with Crippen LogP contribution in [0.1, 0.15) is 48.0 Å². The first-order valence-electron chi connectivity index (χ1n) is 9.52. The highest BCUT2D eigenvalue weighted by atomic mass is 16.5. The molecule has 1 N–H and O–H groups in total. The summed E-state index contributed by atoms with van der Waals surface area (Å²) in [6.07, 6.45) is 5.71. The molecule has 1 aliphatic carbocycles. The number of aromatic nitrogens is 2. The van der Waals surface area contributed by atoms with Crippen LogP contribution in [0.5, 0.6) is 0 Å². The lowest BCUT2D eigenvalue weighted by atomic mass is 9.95. The summed E-state index contributed by atoms with van der Waals surface area (Å²) in [7, 11) is 0. The molecule has 0 radical (unpaired) electrons. The van der Waals surface area contributed by atoms with E-state index in [0.29, 0.717) is 22.8 Å². The van der Waals surface area contributed by atoms with Crippen molar-refractivity contribution >= 4 is 5.91 Å². The number of rotatable bonds is 4. The first kappa shape index (κ1) is 17.5. The van der Waals surface area contributed by atoms with E-state index >= 15 is 0 Å². The van der Waals surface area contributed by atoms with Crippen molar-refractivity contribution in [3.8, 4) is 22.8 Å². The zero-order chi connectivity index (χ0) is 18.6. The van der Waals surface area contributed by atoms with E-state index in [-0.39, 0.29) is 11.9 Å². The average molecular weight is 361 g/mol. The van der Waals surface area contributed by atoms with Gasteiger partial charge in [-0.15, -0.1) is 0 Å². The van der Waals surface area contributed by atoms with Gasteiger partial charge in [-0.25, -0.2) is 0 Å². The van der Waals surface area contributed by atoms with Gasteiger partial charge in [0.05, 0.1) is 11.1 Å². The van der Waals surface area contributed by atoms with Gasteiger partial charge in [0.1, 0.15) is 0 Å². The number of hydrogen-bond donors (Lipinski definition) is 1. The van der Waals surface area contributed by atoms with Crippen molar-refractivity contribution in [2.45, 2.75) is 45.1 Å². The molecule has 1 fully saturated rings. The molecule has 0 spiro atoms. The van der Waals surface area contributed by atoms with E-state index in [4.69, 9.17) is 4.52 Å². The third-order valence-electron chi connectivity index (χ3n) is 5.08. The molecule has 4 rings (SSSR count). The van der Waals surface area contributed by atoms with E-state index in [0.717, 1.165) is 18.4 Å². The summed E-state index contributed by atoms with van der Waals surface area (Å²) in [5.41, 5.74) is 3.30. The lowest BCUT2D eigenvalue weighted by molar-refractivity contribution is 0.0928. The maximum atomic E-state index is 12.8. The summed E-state index contributed by atoms with van der Waals surface area (Å²) in [6.45, 7) is 2.03. The minimum Gasteiger partial charge on any atom is -0.349 e. The molecule has 3 aromatic rings. The zero-order valence-corrected chi connectivity index (χ0v) is 15.4. The van der Waals surface area contributed by atoms with Gasteiger partial charge in [-0.05, 0) is 31.9 Å². The van der Waals surface area contributed by atoms with Gasteiger partial charge < -0.3 is 9.84 Å². The van der Waals surface area contributed by atoms with Crippen molar-refractivity contribution in [1.82, 2.24) is 15.5 Å². The predicted octanol–water partition coefficient (Wildman–Crippen LogP) is 4.77. The van der Waals surface area contributed by atoms with E-state index in [1.165, 1.54) is 24.8 Å². The summed E-state index contributed by atoms with van der Waals surface area (Å²) in [5.74, 6) is 0.806. The highest BCUT2D eigenvalue weighted by molar-refractivity contribution is 6.00. The summed E-state index contributed by atoms with van der Waals surface area (Å²) >= 11 is 0. The van der Waals surface area contributed by atoms with Crippen LogP contribution in [0, 0.1) is 6.92 Å². The van der Waals surface area contributed by atoms with E-state index in [2.05, 4.69) is 15.5 Å². The van der Waals surface area contributed by atoms with Crippen molar-refractivity contribution in [3.05, 3.63) is 59.7 Å². The highest BCUT2D eigenvalue weighted by Crippen LogP contribution is 2.26. The number of benzene rings is 2. The molecule has 1 aromatic heterocycles. The summed E-state index contributed by atoms with van der Waals surface area (Å²) < 4.78 is 5.48. The number of nitrogens with one attached hydrogen (secondary N) is 1. The van der Waals surface area contributed by atoms with Crippen molar-refractivity contribution in [3.63, 3.8) is 0 Å². The van der Waals surface area contributed by atoms with Gasteiger partial charge in [0.15, 0.2) is 0 Å². The van der Waals surface area contributed by atoms with Crippen LogP contribution in [0.4, 0.5) is 0 Å². The molecule has 1 saturated carbocycles. The van der Waals surface area contributed by atoms with Gasteiger partial charge >= 0.3 is 0 Å². The Morgan fingerprint density at radius 3 is 2.56 bits per heavy atom. The van der Waals surface area contributed by atoms with Gasteiger partial charge in [-0.2, -0.15) is 4.98 Å². The minimum atomic E-state index is -0.0763. The topological polar surface area (TPSA) is 68.0 Å². The maximum absolute atomic E-state index is 12.8. The summed E-state index contributed by atoms with van der Waals surface area (Å²) in [5, 5.41) is 7.25. The first-order valence-corrected chi connectivity index (χ1v) is 9.52. The van der Waals surface area contributed by atoms with Crippen LogP contribution in [-0.4, -0.2) is 22.1 Å². The monoisotopic (exact) mass is 361 g/mol. The van der Waals surface area contributed by atoms with Crippen molar-refractivity contribution in [2.75, 3.05) is 0 Å². The molecule has 1 heterocycles. The van der Waals surface area contributed by atoms with Crippen LogP contribution in [0.25, 0.3) is 22.8 Å². The summed E-state index contributed by atoms with van der Waals surface area (Å²) in [4.78, 5) is 17.3.